The van der Waals surface area contributed by atoms with Gasteiger partial charge in [-0.15, -0.1) is 0 Å². The van der Waals surface area contributed by atoms with Crippen molar-refractivity contribution in [1.29, 1.82) is 0 Å². The van der Waals surface area contributed by atoms with Crippen molar-refractivity contribution in [2.75, 3.05) is 19.0 Å². The Balaban J connectivity index is 1.38. The van der Waals surface area contributed by atoms with E-state index < -0.39 is 36.0 Å². The second-order valence-electron chi connectivity index (χ2n) is 9.94. The van der Waals surface area contributed by atoms with Crippen molar-refractivity contribution in [3.63, 3.8) is 0 Å². The maximum absolute atomic E-state index is 14.0. The first-order valence-electron chi connectivity index (χ1n) is 13.0. The van der Waals surface area contributed by atoms with E-state index in [1.807, 2.05) is 0 Å². The molecule has 4 atom stereocenters. The monoisotopic (exact) mass is 585 g/mol. The number of hydrogen-bond donors (Lipinski definition) is 4. The van der Waals surface area contributed by atoms with Crippen molar-refractivity contribution in [2.24, 2.45) is 0 Å². The molecule has 3 aromatic heterocycles. The third kappa shape index (κ3) is 6.01. The Hall–Kier alpha value is -4.07. The van der Waals surface area contributed by atoms with Gasteiger partial charge in [-0.05, 0) is 49.9 Å². The number of nitrogens with one attached hydrogen (secondary N) is 2. The normalized spacial score (nSPS) is 18.3. The summed E-state index contributed by atoms with van der Waals surface area (Å²) < 4.78 is 21.6. The SMILES string of the molecule is COc1cc(F)cc([C@@H](CO)NC(=O)C(C)n2cnn3cc(-c4nc(N[C@H]5CC[C@@H](O)C5)ncc4Cl)cc3c2=O)c1. The standard InChI is InChI=1S/C27H29ClFN7O5/c1-14(25(39)33-22(12-37)15-5-17(29)8-20(6-15)41-2)35-13-31-36-11-16(7-23(36)26(35)40)24-21(28)10-30-27(34-24)32-18-3-4-19(38)9-18/h5-8,10-11,13-14,18-19,22,37-38H,3-4,9,12H2,1-2H3,(H,33,39)(H,30,32,34)/t14?,18-,19+,22+/m0/s1. The third-order valence-corrected chi connectivity index (χ3v) is 7.41. The van der Waals surface area contributed by atoms with Crippen LogP contribution in [0.1, 0.15) is 43.8 Å². The van der Waals surface area contributed by atoms with Gasteiger partial charge in [0.25, 0.3) is 5.56 Å². The van der Waals surface area contributed by atoms with Crippen LogP contribution >= 0.6 is 11.6 Å². The van der Waals surface area contributed by atoms with Crippen molar-refractivity contribution in [3.8, 4) is 17.0 Å². The van der Waals surface area contributed by atoms with Gasteiger partial charge in [0.15, 0.2) is 0 Å². The number of methoxy groups -OCH3 is 1. The first kappa shape index (κ1) is 28.5. The summed E-state index contributed by atoms with van der Waals surface area (Å²) in [5, 5.41) is 30.1. The lowest BCUT2D eigenvalue weighted by atomic mass is 10.1. The molecule has 1 amide bonds. The lowest BCUT2D eigenvalue weighted by Gasteiger charge is -2.21. The van der Waals surface area contributed by atoms with E-state index in [1.165, 1.54) is 49.3 Å². The Kier molecular flexibility index (Phi) is 8.20. The Bertz CT molecular complexity index is 1640. The van der Waals surface area contributed by atoms with Gasteiger partial charge in [0.2, 0.25) is 11.9 Å². The first-order chi connectivity index (χ1) is 19.7. The number of aliphatic hydroxyl groups is 2. The zero-order chi connectivity index (χ0) is 29.3. The molecule has 216 valence electrons. The largest absolute Gasteiger partial charge is 0.497 e. The molecule has 0 aliphatic heterocycles. The van der Waals surface area contributed by atoms with E-state index in [0.717, 1.165) is 11.0 Å². The molecular formula is C27H29ClFN7O5. The molecule has 1 aromatic carbocycles. The quantitative estimate of drug-likeness (QED) is 0.232. The van der Waals surface area contributed by atoms with Gasteiger partial charge < -0.3 is 25.6 Å². The van der Waals surface area contributed by atoms with Gasteiger partial charge in [-0.1, -0.05) is 11.6 Å². The Morgan fingerprint density at radius 2 is 2.10 bits per heavy atom. The van der Waals surface area contributed by atoms with Gasteiger partial charge >= 0.3 is 0 Å². The van der Waals surface area contributed by atoms with Crippen LogP contribution in [0.15, 0.2) is 47.8 Å². The van der Waals surface area contributed by atoms with Crippen LogP contribution in [0.2, 0.25) is 5.02 Å². The van der Waals surface area contributed by atoms with Crippen LogP contribution in [-0.2, 0) is 4.79 Å². The Morgan fingerprint density at radius 1 is 1.29 bits per heavy atom. The number of nitrogens with zero attached hydrogens (tertiary/aromatic N) is 5. The van der Waals surface area contributed by atoms with Crippen molar-refractivity contribution in [1.82, 2.24) is 29.5 Å². The summed E-state index contributed by atoms with van der Waals surface area (Å²) in [5.41, 5.74) is 0.902. The Labute approximate surface area is 238 Å². The number of anilines is 1. The van der Waals surface area contributed by atoms with Crippen LogP contribution < -0.4 is 20.9 Å². The molecule has 0 saturated heterocycles. The van der Waals surface area contributed by atoms with Crippen molar-refractivity contribution in [2.45, 2.75) is 50.4 Å². The summed E-state index contributed by atoms with van der Waals surface area (Å²) >= 11 is 6.39. The van der Waals surface area contributed by atoms with E-state index in [-0.39, 0.29) is 28.4 Å². The molecule has 1 unspecified atom stereocenters. The number of carbonyl (C=O) groups excluding carboxylic acids is 1. The zero-order valence-electron chi connectivity index (χ0n) is 22.3. The molecule has 0 radical (unpaired) electrons. The summed E-state index contributed by atoms with van der Waals surface area (Å²) in [5.74, 6) is -0.582. The number of halogens is 2. The topological polar surface area (TPSA) is 156 Å². The molecule has 3 heterocycles. The molecule has 0 bridgehead atoms. The molecule has 1 fully saturated rings. The number of hydrogen-bond acceptors (Lipinski definition) is 9. The van der Waals surface area contributed by atoms with E-state index in [4.69, 9.17) is 16.3 Å². The highest BCUT2D eigenvalue weighted by Gasteiger charge is 2.25. The summed E-state index contributed by atoms with van der Waals surface area (Å²) in [6.07, 6.45) is 6.05. The van der Waals surface area contributed by atoms with Crippen LogP contribution in [0, 0.1) is 5.82 Å². The smallest absolute Gasteiger partial charge is 0.278 e. The van der Waals surface area contributed by atoms with Crippen LogP contribution in [0.3, 0.4) is 0 Å². The molecule has 1 aliphatic rings. The van der Waals surface area contributed by atoms with Gasteiger partial charge in [-0.3, -0.25) is 14.2 Å². The van der Waals surface area contributed by atoms with E-state index in [1.54, 1.807) is 12.3 Å². The second-order valence-corrected chi connectivity index (χ2v) is 10.4. The van der Waals surface area contributed by atoms with Crippen molar-refractivity contribution < 1.29 is 24.1 Å². The summed E-state index contributed by atoms with van der Waals surface area (Å²) in [6.45, 7) is 1.01. The van der Waals surface area contributed by atoms with Gasteiger partial charge in [-0.25, -0.2) is 18.9 Å². The maximum Gasteiger partial charge on any atom is 0.278 e. The molecule has 12 nitrogen and oxygen atoms in total. The molecule has 5 rings (SSSR count). The molecule has 4 aromatic rings. The third-order valence-electron chi connectivity index (χ3n) is 7.14. The molecule has 0 spiro atoms. The number of ether oxygens (including phenoxy) is 1. The summed E-state index contributed by atoms with van der Waals surface area (Å²) in [7, 11) is 1.38. The summed E-state index contributed by atoms with van der Waals surface area (Å²) in [4.78, 5) is 35.2. The van der Waals surface area contributed by atoms with Crippen LogP contribution in [0.4, 0.5) is 10.3 Å². The maximum atomic E-state index is 14.0. The van der Waals surface area contributed by atoms with Crippen molar-refractivity contribution >= 4 is 29.0 Å². The highest BCUT2D eigenvalue weighted by Crippen LogP contribution is 2.29. The fourth-order valence-corrected chi connectivity index (χ4v) is 5.08. The van der Waals surface area contributed by atoms with Gasteiger partial charge in [-0.2, -0.15) is 5.10 Å². The number of amides is 1. The van der Waals surface area contributed by atoms with Crippen LogP contribution in [-0.4, -0.2) is 66.1 Å². The number of rotatable bonds is 9. The predicted molar refractivity (Wildman–Crippen MR) is 148 cm³/mol. The summed E-state index contributed by atoms with van der Waals surface area (Å²) in [6, 6.07) is 3.55. The predicted octanol–water partition coefficient (Wildman–Crippen LogP) is 2.49. The van der Waals surface area contributed by atoms with E-state index in [0.29, 0.717) is 35.6 Å². The number of aliphatic hydroxyl groups excluding tert-OH is 2. The number of benzene rings is 1. The second kappa shape index (κ2) is 11.8. The Morgan fingerprint density at radius 3 is 2.80 bits per heavy atom. The minimum absolute atomic E-state index is 0.0435. The molecule has 41 heavy (non-hydrogen) atoms. The lowest BCUT2D eigenvalue weighted by molar-refractivity contribution is -0.125. The molecule has 4 N–H and O–H groups in total. The number of fused-ring (bicyclic) bond motifs is 1. The van der Waals surface area contributed by atoms with Gasteiger partial charge in [0.05, 0.1) is 42.8 Å². The average molecular weight is 586 g/mol. The zero-order valence-corrected chi connectivity index (χ0v) is 23.0. The molecular weight excluding hydrogens is 557 g/mol. The number of aromatic nitrogens is 5. The van der Waals surface area contributed by atoms with Gasteiger partial charge in [0, 0.05) is 23.9 Å². The van der Waals surface area contributed by atoms with E-state index in [9.17, 15) is 24.2 Å². The molecule has 1 aliphatic carbocycles. The number of carbonyl (C=O) groups is 1. The fraction of sp³-hybridized carbons (Fsp3) is 0.370. The van der Waals surface area contributed by atoms with Crippen molar-refractivity contribution in [3.05, 3.63) is 69.7 Å². The first-order valence-corrected chi connectivity index (χ1v) is 13.4. The van der Waals surface area contributed by atoms with E-state index >= 15 is 0 Å². The molecule has 14 heteroatoms. The van der Waals surface area contributed by atoms with Crippen LogP contribution in [0.5, 0.6) is 5.75 Å². The average Bonchev–Trinajstić information content (AvgIpc) is 3.58. The highest BCUT2D eigenvalue weighted by molar-refractivity contribution is 6.32. The fourth-order valence-electron chi connectivity index (χ4n) is 4.88. The lowest BCUT2D eigenvalue weighted by Crippen LogP contribution is -2.39. The van der Waals surface area contributed by atoms with Gasteiger partial charge in [0.1, 0.15) is 29.5 Å². The molecule has 1 saturated carbocycles. The minimum atomic E-state index is -1.01. The van der Waals surface area contributed by atoms with Crippen LogP contribution in [0.25, 0.3) is 16.8 Å². The van der Waals surface area contributed by atoms with E-state index in [2.05, 4.69) is 25.7 Å². The highest BCUT2D eigenvalue weighted by atomic mass is 35.5. The minimum Gasteiger partial charge on any atom is -0.497 e.